The summed E-state index contributed by atoms with van der Waals surface area (Å²) in [6.45, 7) is 3.66. The van der Waals surface area contributed by atoms with Crippen molar-refractivity contribution in [2.75, 3.05) is 0 Å². The number of allylic oxidation sites excluding steroid dienone is 1. The molecule has 76 valence electrons. The zero-order valence-electron chi connectivity index (χ0n) is 6.90. The largest absolute Gasteiger partial charge is 0.522 e. The smallest absolute Gasteiger partial charge is 0.288 e. The predicted molar refractivity (Wildman–Crippen MR) is 43.6 cm³/mol. The Morgan fingerprint density at radius 3 is 2.54 bits per heavy atom. The van der Waals surface area contributed by atoms with E-state index in [1.165, 1.54) is 0 Å². The number of hydrogen-bond acceptors (Lipinski definition) is 1. The van der Waals surface area contributed by atoms with E-state index in [1.807, 2.05) is 0 Å². The van der Waals surface area contributed by atoms with Crippen LogP contribution in [0.25, 0.3) is 0 Å². The van der Waals surface area contributed by atoms with Gasteiger partial charge in [0, 0.05) is 0 Å². The molecule has 1 aliphatic rings. The quantitative estimate of drug-likeness (QED) is 0.481. The molecular weight excluding hydrogens is 205 g/mol. The lowest BCUT2D eigenvalue weighted by Gasteiger charge is -2.27. The van der Waals surface area contributed by atoms with E-state index in [4.69, 9.17) is 11.6 Å². The summed E-state index contributed by atoms with van der Waals surface area (Å²) in [5.74, 6) is 0. The van der Waals surface area contributed by atoms with Gasteiger partial charge in [-0.2, -0.15) is 0 Å². The maximum Gasteiger partial charge on any atom is 0.522 e. The summed E-state index contributed by atoms with van der Waals surface area (Å²) < 4.78 is 39.2. The van der Waals surface area contributed by atoms with Crippen LogP contribution in [-0.2, 0) is 4.74 Å². The first-order valence-corrected chi connectivity index (χ1v) is 4.38. The molecule has 0 N–H and O–H groups in total. The molecule has 1 fully saturated rings. The van der Waals surface area contributed by atoms with Crippen LogP contribution in [0, 0.1) is 0 Å². The molecule has 0 aromatic rings. The minimum Gasteiger partial charge on any atom is -0.288 e. The molecule has 0 aromatic carbocycles. The highest BCUT2D eigenvalue weighted by atomic mass is 35.5. The molecule has 0 amide bonds. The van der Waals surface area contributed by atoms with E-state index < -0.39 is 12.5 Å². The average Bonchev–Trinajstić information content (AvgIpc) is 1.94. The minimum atomic E-state index is -4.56. The monoisotopic (exact) mass is 214 g/mol. The van der Waals surface area contributed by atoms with E-state index in [1.54, 1.807) is 0 Å². The summed E-state index contributed by atoms with van der Waals surface area (Å²) in [6.07, 6.45) is -4.32. The Hall–Kier alpha value is -0.220. The second kappa shape index (κ2) is 3.88. The molecular formula is C8H10ClF3O. The fourth-order valence-electron chi connectivity index (χ4n) is 1.31. The van der Waals surface area contributed by atoms with E-state index in [0.29, 0.717) is 12.8 Å². The van der Waals surface area contributed by atoms with Crippen LogP contribution in [-0.4, -0.2) is 17.8 Å². The highest BCUT2D eigenvalue weighted by molar-refractivity contribution is 6.22. The van der Waals surface area contributed by atoms with Crippen molar-refractivity contribution in [1.29, 1.82) is 0 Å². The lowest BCUT2D eigenvalue weighted by molar-refractivity contribution is -0.344. The molecule has 0 radical (unpaired) electrons. The van der Waals surface area contributed by atoms with Gasteiger partial charge in [0.1, 0.15) is 0 Å². The standard InChI is InChI=1S/C8H10ClF3O/c1-5-2-3-6(4-7(5)9)13-8(10,11)12/h6-7H,1-4H2. The second-order valence-electron chi connectivity index (χ2n) is 3.09. The Bertz CT molecular complexity index is 202. The zero-order valence-corrected chi connectivity index (χ0v) is 7.66. The highest BCUT2D eigenvalue weighted by Gasteiger charge is 2.36. The molecule has 13 heavy (non-hydrogen) atoms. The molecule has 0 aliphatic heterocycles. The topological polar surface area (TPSA) is 9.23 Å². The van der Waals surface area contributed by atoms with Crippen molar-refractivity contribution in [3.8, 4) is 0 Å². The van der Waals surface area contributed by atoms with Gasteiger partial charge in [-0.25, -0.2) is 0 Å². The van der Waals surface area contributed by atoms with Crippen molar-refractivity contribution in [1.82, 2.24) is 0 Å². The van der Waals surface area contributed by atoms with Crippen LogP contribution in [0.1, 0.15) is 19.3 Å². The Kier molecular flexibility index (Phi) is 3.24. The summed E-state index contributed by atoms with van der Waals surface area (Å²) in [7, 11) is 0. The van der Waals surface area contributed by atoms with Crippen LogP contribution >= 0.6 is 11.6 Å². The van der Waals surface area contributed by atoms with Gasteiger partial charge in [0.25, 0.3) is 0 Å². The molecule has 0 aromatic heterocycles. The lowest BCUT2D eigenvalue weighted by atomic mass is 9.93. The van der Waals surface area contributed by atoms with E-state index in [9.17, 15) is 13.2 Å². The van der Waals surface area contributed by atoms with Crippen molar-refractivity contribution in [2.45, 2.75) is 37.1 Å². The molecule has 2 unspecified atom stereocenters. The number of halogens is 4. The van der Waals surface area contributed by atoms with Crippen molar-refractivity contribution in [2.24, 2.45) is 0 Å². The van der Waals surface area contributed by atoms with Gasteiger partial charge < -0.3 is 0 Å². The second-order valence-corrected chi connectivity index (χ2v) is 3.61. The van der Waals surface area contributed by atoms with Crippen LogP contribution in [0.5, 0.6) is 0 Å². The third-order valence-corrected chi connectivity index (χ3v) is 2.49. The van der Waals surface area contributed by atoms with Gasteiger partial charge >= 0.3 is 6.36 Å². The third kappa shape index (κ3) is 3.56. The molecule has 5 heteroatoms. The Balaban J connectivity index is 2.42. The summed E-state index contributed by atoms with van der Waals surface area (Å²) in [5.41, 5.74) is 0.795. The number of hydrogen-bond donors (Lipinski definition) is 0. The normalized spacial score (nSPS) is 30.6. The van der Waals surface area contributed by atoms with E-state index >= 15 is 0 Å². The molecule has 1 aliphatic carbocycles. The summed E-state index contributed by atoms with van der Waals surface area (Å²) >= 11 is 5.74. The Morgan fingerprint density at radius 2 is 2.08 bits per heavy atom. The molecule has 0 saturated heterocycles. The van der Waals surface area contributed by atoms with Gasteiger partial charge in [0.15, 0.2) is 0 Å². The van der Waals surface area contributed by atoms with Crippen molar-refractivity contribution in [3.63, 3.8) is 0 Å². The van der Waals surface area contributed by atoms with Gasteiger partial charge in [0.2, 0.25) is 0 Å². The molecule has 2 atom stereocenters. The molecule has 1 rings (SSSR count). The fourth-order valence-corrected chi connectivity index (χ4v) is 1.62. The summed E-state index contributed by atoms with van der Waals surface area (Å²) in [4.78, 5) is 0. The molecule has 1 saturated carbocycles. The first-order valence-electron chi connectivity index (χ1n) is 3.95. The van der Waals surface area contributed by atoms with Gasteiger partial charge in [-0.15, -0.1) is 24.8 Å². The van der Waals surface area contributed by atoms with Crippen molar-refractivity contribution in [3.05, 3.63) is 12.2 Å². The van der Waals surface area contributed by atoms with Crippen LogP contribution in [0.4, 0.5) is 13.2 Å². The van der Waals surface area contributed by atoms with Crippen LogP contribution in [0.15, 0.2) is 12.2 Å². The van der Waals surface area contributed by atoms with Crippen LogP contribution < -0.4 is 0 Å². The Morgan fingerprint density at radius 1 is 1.46 bits per heavy atom. The third-order valence-electron chi connectivity index (χ3n) is 2.00. The average molecular weight is 215 g/mol. The number of alkyl halides is 4. The first-order chi connectivity index (χ1) is 5.88. The molecule has 1 nitrogen and oxygen atoms in total. The predicted octanol–water partition coefficient (Wildman–Crippen LogP) is 3.24. The van der Waals surface area contributed by atoms with E-state index in [2.05, 4.69) is 11.3 Å². The highest BCUT2D eigenvalue weighted by Crippen LogP contribution is 2.32. The maximum absolute atomic E-state index is 11.8. The van der Waals surface area contributed by atoms with E-state index in [0.717, 1.165) is 5.57 Å². The van der Waals surface area contributed by atoms with Crippen molar-refractivity contribution < 1.29 is 17.9 Å². The molecule has 0 spiro atoms. The Labute approximate surface area is 79.5 Å². The summed E-state index contributed by atoms with van der Waals surface area (Å²) in [5, 5.41) is -0.388. The lowest BCUT2D eigenvalue weighted by Crippen LogP contribution is -2.30. The van der Waals surface area contributed by atoms with Gasteiger partial charge in [-0.1, -0.05) is 12.2 Å². The van der Waals surface area contributed by atoms with Gasteiger partial charge in [-0.05, 0) is 19.3 Å². The molecule has 0 bridgehead atoms. The summed E-state index contributed by atoms with van der Waals surface area (Å²) in [6, 6.07) is 0. The van der Waals surface area contributed by atoms with Crippen LogP contribution in [0.3, 0.4) is 0 Å². The van der Waals surface area contributed by atoms with Gasteiger partial charge in [0.05, 0.1) is 11.5 Å². The number of ether oxygens (including phenoxy) is 1. The number of rotatable bonds is 1. The zero-order chi connectivity index (χ0) is 10.1. The SMILES string of the molecule is C=C1CCC(OC(F)(F)F)CC1Cl. The maximum atomic E-state index is 11.8. The first kappa shape index (κ1) is 10.9. The fraction of sp³-hybridized carbons (Fsp3) is 0.750. The van der Waals surface area contributed by atoms with Crippen molar-refractivity contribution >= 4 is 11.6 Å². The van der Waals surface area contributed by atoms with E-state index in [-0.39, 0.29) is 11.8 Å². The molecule has 0 heterocycles. The van der Waals surface area contributed by atoms with Crippen LogP contribution in [0.2, 0.25) is 0 Å². The minimum absolute atomic E-state index is 0.194. The van der Waals surface area contributed by atoms with Gasteiger partial charge in [-0.3, -0.25) is 4.74 Å².